The Labute approximate surface area is 133 Å². The Morgan fingerprint density at radius 1 is 1.18 bits per heavy atom. The van der Waals surface area contributed by atoms with Crippen LogP contribution < -0.4 is 0 Å². The molecule has 2 rings (SSSR count). The minimum absolute atomic E-state index is 0.0113. The monoisotopic (exact) mass is 323 g/mol. The lowest BCUT2D eigenvalue weighted by Crippen LogP contribution is -2.32. The number of nitrogens with zero attached hydrogens (tertiary/aromatic N) is 1. The van der Waals surface area contributed by atoms with Gasteiger partial charge in [0.1, 0.15) is 0 Å². The van der Waals surface area contributed by atoms with Crippen molar-refractivity contribution in [3.8, 4) is 0 Å². The van der Waals surface area contributed by atoms with Crippen LogP contribution in [0.5, 0.6) is 0 Å². The molecule has 0 spiro atoms. The fourth-order valence-corrected chi connectivity index (χ4v) is 3.72. The predicted octanol–water partition coefficient (Wildman–Crippen LogP) is 3.13. The van der Waals surface area contributed by atoms with Crippen molar-refractivity contribution in [2.24, 2.45) is 5.92 Å². The second-order valence-electron chi connectivity index (χ2n) is 6.17. The van der Waals surface area contributed by atoms with Gasteiger partial charge >= 0.3 is 0 Å². The summed E-state index contributed by atoms with van der Waals surface area (Å²) in [6.45, 7) is 3.81. The smallest absolute Gasteiger partial charge is 0.253 e. The maximum absolute atomic E-state index is 12.6. The number of hydrogen-bond donors (Lipinski definition) is 0. The van der Waals surface area contributed by atoms with Gasteiger partial charge in [-0.1, -0.05) is 19.8 Å². The summed E-state index contributed by atoms with van der Waals surface area (Å²) in [7, 11) is -3.21. The van der Waals surface area contributed by atoms with Gasteiger partial charge in [0, 0.05) is 24.9 Å². The fraction of sp³-hybridized carbons (Fsp3) is 0.588. The molecule has 1 unspecified atom stereocenters. The van der Waals surface area contributed by atoms with E-state index in [-0.39, 0.29) is 10.8 Å². The molecule has 0 aromatic heterocycles. The second-order valence-corrected chi connectivity index (χ2v) is 8.19. The van der Waals surface area contributed by atoms with Crippen molar-refractivity contribution >= 4 is 15.7 Å². The third-order valence-electron chi connectivity index (χ3n) is 4.36. The quantitative estimate of drug-likeness (QED) is 0.855. The highest BCUT2D eigenvalue weighted by Gasteiger charge is 2.21. The van der Waals surface area contributed by atoms with Crippen molar-refractivity contribution in [1.29, 1.82) is 0 Å². The standard InChI is InChI=1S/C17H25NO3S/c1-3-5-14-6-4-12-18(13-11-14)17(19)15-7-9-16(10-8-15)22(2,20)21/h7-10,14H,3-6,11-13H2,1-2H3. The number of hydrogen-bond acceptors (Lipinski definition) is 3. The lowest BCUT2D eigenvalue weighted by atomic mass is 9.96. The molecule has 1 aliphatic rings. The molecule has 1 aromatic rings. The molecule has 1 heterocycles. The number of amides is 1. The number of carbonyl (C=O) groups is 1. The van der Waals surface area contributed by atoms with E-state index < -0.39 is 9.84 Å². The molecule has 122 valence electrons. The van der Waals surface area contributed by atoms with Crippen LogP contribution in [0.2, 0.25) is 0 Å². The minimum atomic E-state index is -3.21. The third-order valence-corrected chi connectivity index (χ3v) is 5.49. The van der Waals surface area contributed by atoms with E-state index in [0.717, 1.165) is 31.8 Å². The van der Waals surface area contributed by atoms with Crippen molar-refractivity contribution in [2.75, 3.05) is 19.3 Å². The molecule has 0 bridgehead atoms. The van der Waals surface area contributed by atoms with Crippen molar-refractivity contribution < 1.29 is 13.2 Å². The number of carbonyl (C=O) groups excluding carboxylic acids is 1. The highest BCUT2D eigenvalue weighted by molar-refractivity contribution is 7.90. The molecule has 0 N–H and O–H groups in total. The van der Waals surface area contributed by atoms with Crippen LogP contribution in [0.25, 0.3) is 0 Å². The van der Waals surface area contributed by atoms with Gasteiger partial charge in [-0.25, -0.2) is 8.42 Å². The number of rotatable bonds is 4. The number of sulfone groups is 1. The van der Waals surface area contributed by atoms with Crippen molar-refractivity contribution in [1.82, 2.24) is 4.90 Å². The molecule has 5 heteroatoms. The minimum Gasteiger partial charge on any atom is -0.339 e. The molecule has 0 saturated carbocycles. The van der Waals surface area contributed by atoms with Gasteiger partial charge in [-0.2, -0.15) is 0 Å². The summed E-state index contributed by atoms with van der Waals surface area (Å²) in [6, 6.07) is 6.26. The van der Waals surface area contributed by atoms with E-state index in [2.05, 4.69) is 6.92 Å². The normalized spacial score (nSPS) is 19.7. The zero-order valence-corrected chi connectivity index (χ0v) is 14.2. The molecule has 22 heavy (non-hydrogen) atoms. The van der Waals surface area contributed by atoms with E-state index in [1.165, 1.54) is 37.7 Å². The molecular weight excluding hydrogens is 298 g/mol. The van der Waals surface area contributed by atoms with E-state index in [1.54, 1.807) is 12.1 Å². The maximum Gasteiger partial charge on any atom is 0.253 e. The first-order valence-electron chi connectivity index (χ1n) is 8.01. The van der Waals surface area contributed by atoms with Crippen LogP contribution in [-0.2, 0) is 9.84 Å². The lowest BCUT2D eigenvalue weighted by molar-refractivity contribution is 0.0759. The molecule has 4 nitrogen and oxygen atoms in total. The van der Waals surface area contributed by atoms with Crippen LogP contribution in [0.3, 0.4) is 0 Å². The van der Waals surface area contributed by atoms with Crippen molar-refractivity contribution in [3.05, 3.63) is 29.8 Å². The van der Waals surface area contributed by atoms with Gasteiger partial charge < -0.3 is 4.90 Å². The maximum atomic E-state index is 12.6. The largest absolute Gasteiger partial charge is 0.339 e. The Balaban J connectivity index is 2.05. The van der Waals surface area contributed by atoms with Crippen LogP contribution in [0.15, 0.2) is 29.2 Å². The number of benzene rings is 1. The van der Waals surface area contributed by atoms with Crippen LogP contribution in [0.4, 0.5) is 0 Å². The Kier molecular flexibility index (Phi) is 5.62. The van der Waals surface area contributed by atoms with E-state index in [0.29, 0.717) is 5.56 Å². The molecule has 1 aliphatic heterocycles. The molecular formula is C17H25NO3S. The van der Waals surface area contributed by atoms with E-state index in [4.69, 9.17) is 0 Å². The van der Waals surface area contributed by atoms with E-state index in [1.807, 2.05) is 4.90 Å². The molecule has 0 aliphatic carbocycles. The zero-order valence-electron chi connectivity index (χ0n) is 13.4. The van der Waals surface area contributed by atoms with E-state index in [9.17, 15) is 13.2 Å². The predicted molar refractivity (Wildman–Crippen MR) is 87.7 cm³/mol. The van der Waals surface area contributed by atoms with Crippen LogP contribution in [-0.4, -0.2) is 38.6 Å². The Morgan fingerprint density at radius 2 is 1.86 bits per heavy atom. The summed E-state index contributed by atoms with van der Waals surface area (Å²) in [6.07, 6.45) is 6.94. The van der Waals surface area contributed by atoms with Crippen LogP contribution in [0, 0.1) is 5.92 Å². The Hall–Kier alpha value is -1.36. The topological polar surface area (TPSA) is 54.5 Å². The Morgan fingerprint density at radius 3 is 2.45 bits per heavy atom. The molecule has 1 amide bonds. The summed E-state index contributed by atoms with van der Waals surface area (Å²) in [5, 5.41) is 0. The summed E-state index contributed by atoms with van der Waals surface area (Å²) in [5.74, 6) is 0.743. The molecule has 1 fully saturated rings. The molecule has 0 radical (unpaired) electrons. The third kappa shape index (κ3) is 4.32. The van der Waals surface area contributed by atoms with Gasteiger partial charge in [-0.15, -0.1) is 0 Å². The van der Waals surface area contributed by atoms with Gasteiger partial charge in [0.15, 0.2) is 9.84 Å². The average molecular weight is 323 g/mol. The van der Waals surface area contributed by atoms with Gasteiger partial charge in [-0.3, -0.25) is 4.79 Å². The highest BCUT2D eigenvalue weighted by atomic mass is 32.2. The molecule has 1 aromatic carbocycles. The van der Waals surface area contributed by atoms with Gasteiger partial charge in [-0.05, 0) is 49.4 Å². The second kappa shape index (κ2) is 7.27. The molecule has 1 atom stereocenters. The highest BCUT2D eigenvalue weighted by Crippen LogP contribution is 2.23. The van der Waals surface area contributed by atoms with Gasteiger partial charge in [0.2, 0.25) is 0 Å². The van der Waals surface area contributed by atoms with Crippen LogP contribution in [0.1, 0.15) is 49.4 Å². The first-order valence-corrected chi connectivity index (χ1v) is 9.90. The Bertz CT molecular complexity index is 607. The first kappa shape index (κ1) is 17.0. The lowest BCUT2D eigenvalue weighted by Gasteiger charge is -2.21. The molecule has 1 saturated heterocycles. The summed E-state index contributed by atoms with van der Waals surface area (Å²) >= 11 is 0. The zero-order chi connectivity index (χ0) is 16.2. The summed E-state index contributed by atoms with van der Waals surface area (Å²) in [5.41, 5.74) is 0.571. The summed E-state index contributed by atoms with van der Waals surface area (Å²) in [4.78, 5) is 14.7. The summed E-state index contributed by atoms with van der Waals surface area (Å²) < 4.78 is 22.9. The first-order chi connectivity index (χ1) is 10.4. The average Bonchev–Trinajstić information content (AvgIpc) is 2.72. The van der Waals surface area contributed by atoms with Crippen LogP contribution >= 0.6 is 0 Å². The van der Waals surface area contributed by atoms with Gasteiger partial charge in [0.05, 0.1) is 4.90 Å². The van der Waals surface area contributed by atoms with E-state index >= 15 is 0 Å². The van der Waals surface area contributed by atoms with Crippen molar-refractivity contribution in [2.45, 2.75) is 43.9 Å². The fourth-order valence-electron chi connectivity index (χ4n) is 3.09. The number of likely N-dealkylation sites (tertiary alicyclic amines) is 1. The SMILES string of the molecule is CCCC1CCCN(C(=O)c2ccc(S(C)(=O)=O)cc2)CC1. The van der Waals surface area contributed by atoms with Gasteiger partial charge in [0.25, 0.3) is 5.91 Å². The van der Waals surface area contributed by atoms with Crippen molar-refractivity contribution in [3.63, 3.8) is 0 Å².